The molecule has 7 heteroatoms. The van der Waals surface area contributed by atoms with Gasteiger partial charge in [-0.1, -0.05) is 30.3 Å². The topological polar surface area (TPSA) is 118 Å². The molecular formula is C17H13N3O4. The number of hydrogen-bond acceptors (Lipinski definition) is 5. The normalized spacial score (nSPS) is 10.3. The van der Waals surface area contributed by atoms with Gasteiger partial charge in [0.15, 0.2) is 5.69 Å². The fourth-order valence-electron chi connectivity index (χ4n) is 2.12. The molecule has 0 saturated heterocycles. The summed E-state index contributed by atoms with van der Waals surface area (Å²) in [6.07, 6.45) is 0. The van der Waals surface area contributed by atoms with E-state index in [0.717, 1.165) is 0 Å². The summed E-state index contributed by atoms with van der Waals surface area (Å²) in [5, 5.41) is 9.63. The molecule has 4 N–H and O–H groups in total. The number of aromatic amines is 1. The molecule has 0 bridgehead atoms. The highest BCUT2D eigenvalue weighted by molar-refractivity contribution is 5.94. The third kappa shape index (κ3) is 3.09. The summed E-state index contributed by atoms with van der Waals surface area (Å²) < 4.78 is 5.27. The maximum atomic E-state index is 12.2. The standard InChI is InChI=1S/C17H13N3O4/c18-14(21)13-16(22)20-15(19-13)10-5-4-6-11(9-10)17(23)24-12-7-2-1-3-8-12/h1-9,22H,(H2,18,21)(H,19,20). The number of para-hydroxylation sites is 1. The predicted octanol–water partition coefficient (Wildman–Crippen LogP) is 2.10. The summed E-state index contributed by atoms with van der Waals surface area (Å²) in [5.74, 6) is -1.16. The van der Waals surface area contributed by atoms with E-state index in [0.29, 0.717) is 16.9 Å². The Kier molecular flexibility index (Phi) is 3.98. The van der Waals surface area contributed by atoms with Crippen LogP contribution in [0.25, 0.3) is 11.4 Å². The second-order valence-corrected chi connectivity index (χ2v) is 4.93. The van der Waals surface area contributed by atoms with Crippen molar-refractivity contribution in [1.82, 2.24) is 9.97 Å². The second-order valence-electron chi connectivity index (χ2n) is 4.93. The van der Waals surface area contributed by atoms with Crippen molar-refractivity contribution in [3.63, 3.8) is 0 Å². The molecule has 1 amide bonds. The Balaban J connectivity index is 1.88. The van der Waals surface area contributed by atoms with E-state index in [9.17, 15) is 14.7 Å². The van der Waals surface area contributed by atoms with E-state index in [1.807, 2.05) is 6.07 Å². The zero-order valence-electron chi connectivity index (χ0n) is 12.4. The summed E-state index contributed by atoms with van der Waals surface area (Å²) >= 11 is 0. The van der Waals surface area contributed by atoms with Crippen LogP contribution >= 0.6 is 0 Å². The summed E-state index contributed by atoms with van der Waals surface area (Å²) in [6.45, 7) is 0. The molecule has 24 heavy (non-hydrogen) atoms. The van der Waals surface area contributed by atoms with E-state index in [2.05, 4.69) is 9.97 Å². The molecule has 0 atom stereocenters. The molecule has 2 aromatic carbocycles. The van der Waals surface area contributed by atoms with Crippen molar-refractivity contribution in [2.24, 2.45) is 5.73 Å². The number of H-pyrrole nitrogens is 1. The molecule has 0 spiro atoms. The van der Waals surface area contributed by atoms with Gasteiger partial charge in [-0.15, -0.1) is 0 Å². The number of aromatic hydroxyl groups is 1. The predicted molar refractivity (Wildman–Crippen MR) is 85.6 cm³/mol. The van der Waals surface area contributed by atoms with Gasteiger partial charge in [0.05, 0.1) is 5.56 Å². The van der Waals surface area contributed by atoms with Crippen molar-refractivity contribution >= 4 is 11.9 Å². The zero-order valence-corrected chi connectivity index (χ0v) is 12.4. The molecule has 1 aromatic heterocycles. The van der Waals surface area contributed by atoms with E-state index in [1.165, 1.54) is 6.07 Å². The van der Waals surface area contributed by atoms with E-state index in [-0.39, 0.29) is 11.5 Å². The molecule has 0 aliphatic rings. The second kappa shape index (κ2) is 6.25. The molecule has 0 aliphatic heterocycles. The lowest BCUT2D eigenvalue weighted by Gasteiger charge is -2.05. The highest BCUT2D eigenvalue weighted by atomic mass is 16.5. The van der Waals surface area contributed by atoms with Gasteiger partial charge in [-0.2, -0.15) is 0 Å². The molecule has 0 saturated carbocycles. The number of carbonyl (C=O) groups excluding carboxylic acids is 2. The van der Waals surface area contributed by atoms with Gasteiger partial charge in [0.1, 0.15) is 11.6 Å². The number of esters is 1. The quantitative estimate of drug-likeness (QED) is 0.502. The number of nitrogens with zero attached hydrogens (tertiary/aromatic N) is 1. The number of aromatic nitrogens is 2. The number of amides is 1. The number of primary amides is 1. The van der Waals surface area contributed by atoms with Gasteiger partial charge in [0, 0.05) is 5.56 Å². The Hall–Kier alpha value is -3.61. The van der Waals surface area contributed by atoms with E-state index in [1.54, 1.807) is 42.5 Å². The Morgan fingerprint density at radius 2 is 1.83 bits per heavy atom. The first-order valence-electron chi connectivity index (χ1n) is 7.01. The largest absolute Gasteiger partial charge is 0.493 e. The SMILES string of the molecule is NC(=O)c1nc(-c2cccc(C(=O)Oc3ccccc3)c2)[nH]c1O. The van der Waals surface area contributed by atoms with Crippen molar-refractivity contribution in [1.29, 1.82) is 0 Å². The van der Waals surface area contributed by atoms with Gasteiger partial charge >= 0.3 is 5.97 Å². The molecule has 120 valence electrons. The lowest BCUT2D eigenvalue weighted by molar-refractivity contribution is 0.0734. The average Bonchev–Trinajstić information content (AvgIpc) is 2.98. The fraction of sp³-hybridized carbons (Fsp3) is 0. The number of hydrogen-bond donors (Lipinski definition) is 3. The number of carbonyl (C=O) groups is 2. The van der Waals surface area contributed by atoms with Crippen LogP contribution in [0.3, 0.4) is 0 Å². The number of nitrogens with two attached hydrogens (primary N) is 1. The highest BCUT2D eigenvalue weighted by Gasteiger charge is 2.16. The maximum Gasteiger partial charge on any atom is 0.343 e. The van der Waals surface area contributed by atoms with Gasteiger partial charge in [-0.3, -0.25) is 4.79 Å². The van der Waals surface area contributed by atoms with Crippen LogP contribution in [0.2, 0.25) is 0 Å². The first-order chi connectivity index (χ1) is 11.5. The monoisotopic (exact) mass is 323 g/mol. The molecule has 0 unspecified atom stereocenters. The number of benzene rings is 2. The van der Waals surface area contributed by atoms with Crippen molar-refractivity contribution in [3.8, 4) is 23.0 Å². The third-order valence-corrected chi connectivity index (χ3v) is 3.24. The molecule has 1 heterocycles. The van der Waals surface area contributed by atoms with E-state index in [4.69, 9.17) is 10.5 Å². The minimum atomic E-state index is -0.852. The lowest BCUT2D eigenvalue weighted by atomic mass is 10.1. The van der Waals surface area contributed by atoms with Crippen LogP contribution in [0, 0.1) is 0 Å². The van der Waals surface area contributed by atoms with Crippen molar-refractivity contribution in [2.45, 2.75) is 0 Å². The Morgan fingerprint density at radius 1 is 1.08 bits per heavy atom. The smallest absolute Gasteiger partial charge is 0.343 e. The van der Waals surface area contributed by atoms with Crippen molar-refractivity contribution in [2.75, 3.05) is 0 Å². The molecule has 0 aliphatic carbocycles. The van der Waals surface area contributed by atoms with Crippen molar-refractivity contribution in [3.05, 3.63) is 65.9 Å². The van der Waals surface area contributed by atoms with Crippen LogP contribution in [0.15, 0.2) is 54.6 Å². The zero-order chi connectivity index (χ0) is 17.1. The lowest BCUT2D eigenvalue weighted by Crippen LogP contribution is -2.11. The van der Waals surface area contributed by atoms with E-state index < -0.39 is 17.8 Å². The van der Waals surface area contributed by atoms with Gasteiger partial charge in [0.25, 0.3) is 5.91 Å². The van der Waals surface area contributed by atoms with Crippen LogP contribution in [0.5, 0.6) is 11.6 Å². The van der Waals surface area contributed by atoms with Gasteiger partial charge in [-0.05, 0) is 24.3 Å². The highest BCUT2D eigenvalue weighted by Crippen LogP contribution is 2.23. The van der Waals surface area contributed by atoms with Crippen LogP contribution in [0.1, 0.15) is 20.8 Å². The molecule has 0 fully saturated rings. The fourth-order valence-corrected chi connectivity index (χ4v) is 2.12. The van der Waals surface area contributed by atoms with Gasteiger partial charge in [0.2, 0.25) is 5.88 Å². The maximum absolute atomic E-state index is 12.2. The van der Waals surface area contributed by atoms with Crippen LogP contribution in [-0.4, -0.2) is 27.0 Å². The number of imidazole rings is 1. The van der Waals surface area contributed by atoms with Crippen LogP contribution in [0.4, 0.5) is 0 Å². The third-order valence-electron chi connectivity index (χ3n) is 3.24. The molecular weight excluding hydrogens is 310 g/mol. The minimum absolute atomic E-state index is 0.218. The van der Waals surface area contributed by atoms with E-state index >= 15 is 0 Å². The number of ether oxygens (including phenoxy) is 1. The minimum Gasteiger partial charge on any atom is -0.493 e. The summed E-state index contributed by atoms with van der Waals surface area (Å²) in [5.41, 5.74) is 5.65. The van der Waals surface area contributed by atoms with Gasteiger partial charge in [-0.25, -0.2) is 9.78 Å². The molecule has 3 aromatic rings. The Morgan fingerprint density at radius 3 is 2.50 bits per heavy atom. The summed E-state index contributed by atoms with van der Waals surface area (Å²) in [7, 11) is 0. The number of rotatable bonds is 4. The molecule has 7 nitrogen and oxygen atoms in total. The van der Waals surface area contributed by atoms with Crippen molar-refractivity contribution < 1.29 is 19.4 Å². The van der Waals surface area contributed by atoms with Crippen LogP contribution < -0.4 is 10.5 Å². The Bertz CT molecular complexity index is 903. The number of nitrogens with one attached hydrogen (secondary N) is 1. The molecule has 0 radical (unpaired) electrons. The van der Waals surface area contributed by atoms with Gasteiger partial charge < -0.3 is 20.6 Å². The first-order valence-corrected chi connectivity index (χ1v) is 7.01. The Labute approximate surface area is 136 Å². The van der Waals surface area contributed by atoms with Crippen LogP contribution in [-0.2, 0) is 0 Å². The summed E-state index contributed by atoms with van der Waals surface area (Å²) in [4.78, 5) is 29.8. The average molecular weight is 323 g/mol. The summed E-state index contributed by atoms with van der Waals surface area (Å²) in [6, 6.07) is 15.1. The molecule has 3 rings (SSSR count). The first kappa shape index (κ1) is 15.3.